The molecule has 0 amide bonds. The fraction of sp³-hybridized carbons (Fsp3) is 0.273. The van der Waals surface area contributed by atoms with Crippen LogP contribution in [0.4, 0.5) is 5.69 Å². The van der Waals surface area contributed by atoms with Gasteiger partial charge in [-0.25, -0.2) is 0 Å². The molecule has 0 radical (unpaired) electrons. The van der Waals surface area contributed by atoms with Gasteiger partial charge in [-0.15, -0.1) is 0 Å². The first-order valence-electron chi connectivity index (χ1n) is 8.50. The lowest BCUT2D eigenvalue weighted by Gasteiger charge is -2.24. The van der Waals surface area contributed by atoms with Crippen molar-refractivity contribution < 1.29 is 9.84 Å². The first-order chi connectivity index (χ1) is 12.0. The number of methoxy groups -OCH3 is 1. The summed E-state index contributed by atoms with van der Waals surface area (Å²) in [5.41, 5.74) is 3.94. The van der Waals surface area contributed by atoms with Crippen LogP contribution < -0.4 is 10.1 Å². The normalized spacial score (nSPS) is 11.6. The molecule has 0 bridgehead atoms. The van der Waals surface area contributed by atoms with Crippen LogP contribution in [0.1, 0.15) is 19.4 Å². The highest BCUT2D eigenvalue weighted by Gasteiger charge is 2.22. The molecule has 25 heavy (non-hydrogen) atoms. The number of benzene rings is 3. The molecule has 0 fully saturated rings. The Morgan fingerprint density at radius 3 is 2.24 bits per heavy atom. The Morgan fingerprint density at radius 1 is 0.960 bits per heavy atom. The lowest BCUT2D eigenvalue weighted by atomic mass is 9.83. The van der Waals surface area contributed by atoms with Crippen LogP contribution in [0.15, 0.2) is 54.6 Å². The molecule has 3 nitrogen and oxygen atoms in total. The van der Waals surface area contributed by atoms with E-state index in [2.05, 4.69) is 35.6 Å². The number of aliphatic hydroxyl groups excluding tert-OH is 1. The van der Waals surface area contributed by atoms with E-state index in [0.717, 1.165) is 28.1 Å². The van der Waals surface area contributed by atoms with Crippen molar-refractivity contribution >= 4 is 16.5 Å². The van der Waals surface area contributed by atoms with Crippen LogP contribution in [0.5, 0.6) is 5.75 Å². The topological polar surface area (TPSA) is 41.5 Å². The van der Waals surface area contributed by atoms with Crippen molar-refractivity contribution in [3.63, 3.8) is 0 Å². The van der Waals surface area contributed by atoms with Crippen molar-refractivity contribution in [2.24, 2.45) is 0 Å². The fourth-order valence-corrected chi connectivity index (χ4v) is 3.10. The zero-order chi connectivity index (χ0) is 18.0. The van der Waals surface area contributed by atoms with Crippen LogP contribution in [0.3, 0.4) is 0 Å². The van der Waals surface area contributed by atoms with Gasteiger partial charge in [0.05, 0.1) is 13.7 Å². The summed E-state index contributed by atoms with van der Waals surface area (Å²) in [6.07, 6.45) is 0. The van der Waals surface area contributed by atoms with Gasteiger partial charge in [-0.3, -0.25) is 0 Å². The van der Waals surface area contributed by atoms with E-state index in [-0.39, 0.29) is 12.0 Å². The number of ether oxygens (including phenoxy) is 1. The van der Waals surface area contributed by atoms with E-state index < -0.39 is 0 Å². The number of rotatable bonds is 5. The van der Waals surface area contributed by atoms with E-state index in [0.29, 0.717) is 0 Å². The lowest BCUT2D eigenvalue weighted by Crippen LogP contribution is -2.22. The van der Waals surface area contributed by atoms with Gasteiger partial charge in [0.25, 0.3) is 0 Å². The number of anilines is 1. The van der Waals surface area contributed by atoms with Crippen molar-refractivity contribution in [3.05, 3.63) is 60.2 Å². The van der Waals surface area contributed by atoms with E-state index >= 15 is 0 Å². The first kappa shape index (κ1) is 17.3. The van der Waals surface area contributed by atoms with E-state index in [9.17, 15) is 5.11 Å². The molecule has 0 spiro atoms. The minimum absolute atomic E-state index is 0.0926. The third kappa shape index (κ3) is 3.20. The third-order valence-corrected chi connectivity index (χ3v) is 4.82. The quantitative estimate of drug-likeness (QED) is 0.702. The zero-order valence-corrected chi connectivity index (χ0v) is 15.3. The molecular formula is C22H25NO2. The average molecular weight is 335 g/mol. The maximum Gasteiger partial charge on any atom is 0.126 e. The molecule has 0 atom stereocenters. The summed E-state index contributed by atoms with van der Waals surface area (Å²) >= 11 is 0. The molecule has 0 aliphatic heterocycles. The molecule has 0 heterocycles. The highest BCUT2D eigenvalue weighted by Crippen LogP contribution is 2.40. The highest BCUT2D eigenvalue weighted by molar-refractivity contribution is 5.95. The van der Waals surface area contributed by atoms with Gasteiger partial charge >= 0.3 is 0 Å². The molecule has 2 N–H and O–H groups in total. The Hall–Kier alpha value is -2.52. The predicted octanol–water partition coefficient (Wildman–Crippen LogP) is 4.83. The molecule has 3 heteroatoms. The SMILES string of the molecule is CNc1cc2ccccc2cc1-c1cc(C(C)(C)CO)ccc1OC. The molecule has 0 saturated heterocycles. The molecule has 3 aromatic carbocycles. The average Bonchev–Trinajstić information content (AvgIpc) is 2.66. The minimum atomic E-state index is -0.308. The summed E-state index contributed by atoms with van der Waals surface area (Å²) in [6.45, 7) is 4.17. The summed E-state index contributed by atoms with van der Waals surface area (Å²) in [5.74, 6) is 0.823. The maximum atomic E-state index is 9.73. The predicted molar refractivity (Wildman–Crippen MR) is 106 cm³/mol. The van der Waals surface area contributed by atoms with Gasteiger partial charge in [-0.05, 0) is 40.6 Å². The minimum Gasteiger partial charge on any atom is -0.496 e. The van der Waals surface area contributed by atoms with Crippen LogP contribution in [0, 0.1) is 0 Å². The van der Waals surface area contributed by atoms with Gasteiger partial charge in [0.1, 0.15) is 5.75 Å². The van der Waals surface area contributed by atoms with E-state index in [1.165, 1.54) is 10.8 Å². The van der Waals surface area contributed by atoms with Crippen molar-refractivity contribution in [3.8, 4) is 16.9 Å². The summed E-state index contributed by atoms with van der Waals surface area (Å²) in [5, 5.41) is 15.4. The number of aliphatic hydroxyl groups is 1. The second kappa shape index (κ2) is 6.77. The monoisotopic (exact) mass is 335 g/mol. The van der Waals surface area contributed by atoms with Gasteiger partial charge in [0, 0.05) is 29.3 Å². The number of nitrogens with one attached hydrogen (secondary N) is 1. The van der Waals surface area contributed by atoms with Crippen molar-refractivity contribution in [1.82, 2.24) is 0 Å². The van der Waals surface area contributed by atoms with Crippen LogP contribution >= 0.6 is 0 Å². The van der Waals surface area contributed by atoms with Crippen molar-refractivity contribution in [1.29, 1.82) is 0 Å². The van der Waals surface area contributed by atoms with Crippen molar-refractivity contribution in [2.75, 3.05) is 26.1 Å². The number of hydrogen-bond donors (Lipinski definition) is 2. The summed E-state index contributed by atoms with van der Waals surface area (Å²) in [7, 11) is 3.62. The first-order valence-corrected chi connectivity index (χ1v) is 8.50. The van der Waals surface area contributed by atoms with E-state index in [1.807, 2.05) is 45.2 Å². The second-order valence-electron chi connectivity index (χ2n) is 6.95. The summed E-state index contributed by atoms with van der Waals surface area (Å²) in [4.78, 5) is 0. The number of fused-ring (bicyclic) bond motifs is 1. The van der Waals surface area contributed by atoms with E-state index in [1.54, 1.807) is 7.11 Å². The van der Waals surface area contributed by atoms with Gasteiger partial charge in [-0.2, -0.15) is 0 Å². The summed E-state index contributed by atoms with van der Waals surface area (Å²) in [6, 6.07) is 18.8. The molecule has 0 unspecified atom stereocenters. The van der Waals surface area contributed by atoms with Crippen LogP contribution in [-0.4, -0.2) is 25.9 Å². The van der Waals surface area contributed by atoms with Gasteiger partial charge in [0.15, 0.2) is 0 Å². The van der Waals surface area contributed by atoms with Crippen LogP contribution in [0.2, 0.25) is 0 Å². The highest BCUT2D eigenvalue weighted by atomic mass is 16.5. The van der Waals surface area contributed by atoms with Gasteiger partial charge < -0.3 is 15.2 Å². The van der Waals surface area contributed by atoms with Crippen LogP contribution in [-0.2, 0) is 5.41 Å². The summed E-state index contributed by atoms with van der Waals surface area (Å²) < 4.78 is 5.62. The molecule has 130 valence electrons. The fourth-order valence-electron chi connectivity index (χ4n) is 3.10. The Kier molecular flexibility index (Phi) is 4.69. The Labute approximate surface area is 149 Å². The third-order valence-electron chi connectivity index (χ3n) is 4.82. The molecule has 0 aliphatic carbocycles. The Bertz CT molecular complexity index is 900. The largest absolute Gasteiger partial charge is 0.496 e. The second-order valence-corrected chi connectivity index (χ2v) is 6.95. The van der Waals surface area contributed by atoms with Crippen molar-refractivity contribution in [2.45, 2.75) is 19.3 Å². The van der Waals surface area contributed by atoms with E-state index in [4.69, 9.17) is 4.74 Å². The molecule has 3 rings (SSSR count). The Morgan fingerprint density at radius 2 is 1.64 bits per heavy atom. The zero-order valence-electron chi connectivity index (χ0n) is 15.3. The molecule has 0 aliphatic rings. The van der Waals surface area contributed by atoms with Crippen LogP contribution in [0.25, 0.3) is 21.9 Å². The lowest BCUT2D eigenvalue weighted by molar-refractivity contribution is 0.218. The van der Waals surface area contributed by atoms with Gasteiger partial charge in [-0.1, -0.05) is 44.2 Å². The number of hydrogen-bond acceptors (Lipinski definition) is 3. The maximum absolute atomic E-state index is 9.73. The standard InChI is InChI=1S/C22H25NO2/c1-22(2,14-24)17-9-10-21(25-4)19(13-17)18-11-15-7-5-6-8-16(15)12-20(18)23-3/h5-13,23-24H,14H2,1-4H3. The smallest absolute Gasteiger partial charge is 0.126 e. The molecule has 0 saturated carbocycles. The van der Waals surface area contributed by atoms with Gasteiger partial charge in [0.2, 0.25) is 0 Å². The molecule has 3 aromatic rings. The molecule has 0 aromatic heterocycles. The Balaban J connectivity index is 2.27. The molecular weight excluding hydrogens is 310 g/mol.